The van der Waals surface area contributed by atoms with Crippen molar-refractivity contribution in [1.82, 2.24) is 14.9 Å². The first-order valence-electron chi connectivity index (χ1n) is 7.92. The van der Waals surface area contributed by atoms with Crippen LogP contribution in [0, 0.1) is 0 Å². The Morgan fingerprint density at radius 2 is 2.04 bits per heavy atom. The van der Waals surface area contributed by atoms with E-state index in [9.17, 15) is 9.59 Å². The van der Waals surface area contributed by atoms with Gasteiger partial charge in [-0.05, 0) is 24.3 Å². The van der Waals surface area contributed by atoms with Crippen molar-refractivity contribution in [2.75, 3.05) is 43.5 Å². The van der Waals surface area contributed by atoms with Crippen LogP contribution in [0.5, 0.6) is 0 Å². The van der Waals surface area contributed by atoms with Gasteiger partial charge in [-0.25, -0.2) is 9.78 Å². The standard InChI is InChI=1S/C17H19N5O3/c1-25-16(24)13-3-2-4-14(11-13)19-17-18-6-5-15(20-17)22-9-7-21(12-23)8-10-22/h2-6,11-12H,7-10H2,1H3,(H,18,19,20). The zero-order valence-corrected chi connectivity index (χ0v) is 13.9. The van der Waals surface area contributed by atoms with Crippen molar-refractivity contribution in [2.45, 2.75) is 0 Å². The van der Waals surface area contributed by atoms with Gasteiger partial charge in [0.1, 0.15) is 5.82 Å². The summed E-state index contributed by atoms with van der Waals surface area (Å²) in [6, 6.07) is 8.79. The molecule has 1 aromatic heterocycles. The van der Waals surface area contributed by atoms with Crippen LogP contribution < -0.4 is 10.2 Å². The van der Waals surface area contributed by atoms with Gasteiger partial charge < -0.3 is 19.9 Å². The molecule has 1 amide bonds. The number of carbonyl (C=O) groups is 2. The highest BCUT2D eigenvalue weighted by molar-refractivity contribution is 5.90. The lowest BCUT2D eigenvalue weighted by Gasteiger charge is -2.33. The minimum Gasteiger partial charge on any atom is -0.465 e. The average molecular weight is 341 g/mol. The number of methoxy groups -OCH3 is 1. The summed E-state index contributed by atoms with van der Waals surface area (Å²) >= 11 is 0. The Morgan fingerprint density at radius 3 is 2.76 bits per heavy atom. The Hall–Kier alpha value is -3.16. The van der Waals surface area contributed by atoms with Gasteiger partial charge in [0.2, 0.25) is 12.4 Å². The molecular weight excluding hydrogens is 322 g/mol. The number of carbonyl (C=O) groups excluding carboxylic acids is 2. The van der Waals surface area contributed by atoms with E-state index < -0.39 is 5.97 Å². The Kier molecular flexibility index (Phi) is 5.08. The van der Waals surface area contributed by atoms with E-state index in [0.29, 0.717) is 30.3 Å². The lowest BCUT2D eigenvalue weighted by Crippen LogP contribution is -2.46. The van der Waals surface area contributed by atoms with E-state index in [1.165, 1.54) is 7.11 Å². The summed E-state index contributed by atoms with van der Waals surface area (Å²) in [6.07, 6.45) is 2.56. The van der Waals surface area contributed by atoms with Crippen LogP contribution in [0.15, 0.2) is 36.5 Å². The van der Waals surface area contributed by atoms with E-state index in [4.69, 9.17) is 4.74 Å². The van der Waals surface area contributed by atoms with Crippen LogP contribution in [0.1, 0.15) is 10.4 Å². The van der Waals surface area contributed by atoms with Crippen molar-refractivity contribution in [3.63, 3.8) is 0 Å². The van der Waals surface area contributed by atoms with Crippen LogP contribution in [-0.4, -0.2) is 60.5 Å². The van der Waals surface area contributed by atoms with Gasteiger partial charge in [0.05, 0.1) is 12.7 Å². The molecule has 8 heteroatoms. The van der Waals surface area contributed by atoms with E-state index in [2.05, 4.69) is 20.2 Å². The van der Waals surface area contributed by atoms with Gasteiger partial charge in [-0.2, -0.15) is 4.98 Å². The van der Waals surface area contributed by atoms with Crippen LogP contribution in [0.4, 0.5) is 17.5 Å². The molecular formula is C17H19N5O3. The minimum atomic E-state index is -0.397. The van der Waals surface area contributed by atoms with E-state index >= 15 is 0 Å². The molecule has 1 N–H and O–H groups in total. The minimum absolute atomic E-state index is 0.397. The molecule has 3 rings (SSSR count). The molecule has 1 aliphatic heterocycles. The topological polar surface area (TPSA) is 87.7 Å². The molecule has 1 saturated heterocycles. The summed E-state index contributed by atoms with van der Waals surface area (Å²) in [5.74, 6) is 0.843. The summed E-state index contributed by atoms with van der Waals surface area (Å²) in [5, 5.41) is 3.10. The third kappa shape index (κ3) is 4.03. The molecule has 25 heavy (non-hydrogen) atoms. The van der Waals surface area contributed by atoms with E-state index in [1.807, 2.05) is 12.1 Å². The molecule has 2 aromatic rings. The Balaban J connectivity index is 1.72. The average Bonchev–Trinajstić information content (AvgIpc) is 2.68. The number of nitrogens with one attached hydrogen (secondary N) is 1. The number of ether oxygens (including phenoxy) is 1. The zero-order valence-electron chi connectivity index (χ0n) is 13.9. The lowest BCUT2D eigenvalue weighted by molar-refractivity contribution is -0.118. The van der Waals surface area contributed by atoms with Gasteiger partial charge in [-0.3, -0.25) is 4.79 Å². The summed E-state index contributed by atoms with van der Waals surface area (Å²) in [5.41, 5.74) is 1.15. The summed E-state index contributed by atoms with van der Waals surface area (Å²) in [7, 11) is 1.35. The maximum Gasteiger partial charge on any atom is 0.337 e. The second-order valence-corrected chi connectivity index (χ2v) is 5.56. The molecule has 1 fully saturated rings. The first-order chi connectivity index (χ1) is 12.2. The van der Waals surface area contributed by atoms with E-state index in [-0.39, 0.29) is 0 Å². The highest BCUT2D eigenvalue weighted by Crippen LogP contribution is 2.18. The SMILES string of the molecule is COC(=O)c1cccc(Nc2nccc(N3CCN(C=O)CC3)n2)c1. The smallest absolute Gasteiger partial charge is 0.337 e. The molecule has 0 spiro atoms. The van der Waals surface area contributed by atoms with Crippen molar-refractivity contribution in [1.29, 1.82) is 0 Å². The fraction of sp³-hybridized carbons (Fsp3) is 0.294. The molecule has 0 radical (unpaired) electrons. The first kappa shape index (κ1) is 16.7. The fourth-order valence-corrected chi connectivity index (χ4v) is 2.61. The summed E-state index contributed by atoms with van der Waals surface area (Å²) < 4.78 is 4.72. The van der Waals surface area contributed by atoms with Crippen LogP contribution in [0.3, 0.4) is 0 Å². The van der Waals surface area contributed by atoms with Crippen LogP contribution in [0.2, 0.25) is 0 Å². The maximum atomic E-state index is 11.6. The van der Waals surface area contributed by atoms with Gasteiger partial charge in [0.15, 0.2) is 0 Å². The van der Waals surface area contributed by atoms with Crippen molar-refractivity contribution >= 4 is 29.8 Å². The molecule has 2 heterocycles. The number of piperazine rings is 1. The molecule has 1 aliphatic rings. The monoisotopic (exact) mass is 341 g/mol. The molecule has 8 nitrogen and oxygen atoms in total. The summed E-state index contributed by atoms with van der Waals surface area (Å²) in [4.78, 5) is 35.0. The van der Waals surface area contributed by atoms with Crippen molar-refractivity contribution in [3.05, 3.63) is 42.1 Å². The van der Waals surface area contributed by atoms with E-state index in [1.54, 1.807) is 29.3 Å². The second-order valence-electron chi connectivity index (χ2n) is 5.56. The van der Waals surface area contributed by atoms with E-state index in [0.717, 1.165) is 25.3 Å². The van der Waals surface area contributed by atoms with Gasteiger partial charge in [-0.15, -0.1) is 0 Å². The highest BCUT2D eigenvalue weighted by atomic mass is 16.5. The predicted molar refractivity (Wildman–Crippen MR) is 92.9 cm³/mol. The Morgan fingerprint density at radius 1 is 1.24 bits per heavy atom. The number of hydrogen-bond donors (Lipinski definition) is 1. The Bertz CT molecular complexity index is 759. The molecule has 0 atom stereocenters. The summed E-state index contributed by atoms with van der Waals surface area (Å²) in [6.45, 7) is 2.81. The molecule has 0 saturated carbocycles. The van der Waals surface area contributed by atoms with Gasteiger partial charge in [0.25, 0.3) is 0 Å². The fourth-order valence-electron chi connectivity index (χ4n) is 2.61. The number of anilines is 3. The molecule has 0 unspecified atom stereocenters. The number of hydrogen-bond acceptors (Lipinski definition) is 7. The highest BCUT2D eigenvalue weighted by Gasteiger charge is 2.17. The normalized spacial score (nSPS) is 14.1. The number of nitrogens with zero attached hydrogens (tertiary/aromatic N) is 4. The largest absolute Gasteiger partial charge is 0.465 e. The van der Waals surface area contributed by atoms with Crippen LogP contribution >= 0.6 is 0 Å². The van der Waals surface area contributed by atoms with Crippen LogP contribution in [0.25, 0.3) is 0 Å². The Labute approximate surface area is 145 Å². The third-order valence-corrected chi connectivity index (χ3v) is 3.97. The first-order valence-corrected chi connectivity index (χ1v) is 7.92. The van der Waals surface area contributed by atoms with Crippen molar-refractivity contribution in [2.24, 2.45) is 0 Å². The molecule has 1 aromatic carbocycles. The number of amides is 1. The number of esters is 1. The zero-order chi connectivity index (χ0) is 17.6. The third-order valence-electron chi connectivity index (χ3n) is 3.97. The lowest BCUT2D eigenvalue weighted by atomic mass is 10.2. The van der Waals surface area contributed by atoms with Crippen molar-refractivity contribution in [3.8, 4) is 0 Å². The molecule has 0 bridgehead atoms. The van der Waals surface area contributed by atoms with Crippen LogP contribution in [-0.2, 0) is 9.53 Å². The molecule has 0 aliphatic carbocycles. The number of aromatic nitrogens is 2. The maximum absolute atomic E-state index is 11.6. The predicted octanol–water partition coefficient (Wildman–Crippen LogP) is 1.29. The van der Waals surface area contributed by atoms with Crippen molar-refractivity contribution < 1.29 is 14.3 Å². The van der Waals surface area contributed by atoms with Gasteiger partial charge in [-0.1, -0.05) is 6.07 Å². The quantitative estimate of drug-likeness (QED) is 0.647. The van der Waals surface area contributed by atoms with Gasteiger partial charge in [0, 0.05) is 38.1 Å². The number of benzene rings is 1. The second kappa shape index (κ2) is 7.61. The number of rotatable bonds is 5. The molecule has 130 valence electrons. The van der Waals surface area contributed by atoms with Gasteiger partial charge >= 0.3 is 5.97 Å².